The fourth-order valence-corrected chi connectivity index (χ4v) is 3.21. The molecule has 24 heavy (non-hydrogen) atoms. The Hall–Kier alpha value is -2.63. The van der Waals surface area contributed by atoms with Gasteiger partial charge in [-0.2, -0.15) is 0 Å². The molecule has 1 aromatic rings. The number of imide groups is 1. The van der Waals surface area contributed by atoms with E-state index in [1.165, 1.54) is 7.11 Å². The number of allylic oxidation sites excluding steroid dienone is 1. The van der Waals surface area contributed by atoms with Crippen LogP contribution in [0.25, 0.3) is 0 Å². The molecule has 0 saturated carbocycles. The van der Waals surface area contributed by atoms with Crippen molar-refractivity contribution in [2.75, 3.05) is 13.7 Å². The number of nitrogens with zero attached hydrogens (tertiary/aromatic N) is 1. The third-order valence-corrected chi connectivity index (χ3v) is 4.42. The van der Waals surface area contributed by atoms with Crippen molar-refractivity contribution in [3.05, 3.63) is 47.5 Å². The van der Waals surface area contributed by atoms with Crippen molar-refractivity contribution in [2.45, 2.75) is 25.3 Å². The molecule has 0 aromatic heterocycles. The molecule has 1 heterocycles. The van der Waals surface area contributed by atoms with Gasteiger partial charge >= 0.3 is 12.1 Å². The Bertz CT molecular complexity index is 682. The van der Waals surface area contributed by atoms with Crippen LogP contribution in [-0.2, 0) is 25.5 Å². The lowest BCUT2D eigenvalue weighted by Crippen LogP contribution is -2.42. The van der Waals surface area contributed by atoms with Crippen molar-refractivity contribution in [3.8, 4) is 0 Å². The van der Waals surface area contributed by atoms with Crippen molar-refractivity contribution in [2.24, 2.45) is 5.92 Å². The molecule has 3 rings (SSSR count). The molecular weight excluding hydrogens is 310 g/mol. The fraction of sp³-hybridized carbons (Fsp3) is 0.389. The molecule has 0 spiro atoms. The molecule has 1 aromatic carbocycles. The average Bonchev–Trinajstić information content (AvgIpc) is 3.22. The van der Waals surface area contributed by atoms with E-state index in [2.05, 4.69) is 0 Å². The van der Waals surface area contributed by atoms with Gasteiger partial charge in [0.2, 0.25) is 0 Å². The van der Waals surface area contributed by atoms with Crippen molar-refractivity contribution < 1.29 is 23.9 Å². The quantitative estimate of drug-likeness (QED) is 0.791. The van der Waals surface area contributed by atoms with Crippen LogP contribution >= 0.6 is 0 Å². The lowest BCUT2D eigenvalue weighted by Gasteiger charge is -2.22. The van der Waals surface area contributed by atoms with Crippen LogP contribution in [0.1, 0.15) is 18.4 Å². The first-order chi connectivity index (χ1) is 11.6. The molecule has 6 nitrogen and oxygen atoms in total. The Labute approximate surface area is 140 Å². The minimum Gasteiger partial charge on any atom is -0.469 e. The first-order valence-corrected chi connectivity index (χ1v) is 7.94. The van der Waals surface area contributed by atoms with Crippen molar-refractivity contribution >= 4 is 18.0 Å². The van der Waals surface area contributed by atoms with Gasteiger partial charge in [-0.3, -0.25) is 9.59 Å². The number of carbonyl (C=O) groups is 3. The number of benzene rings is 1. The van der Waals surface area contributed by atoms with E-state index >= 15 is 0 Å². The highest BCUT2D eigenvalue weighted by Gasteiger charge is 2.42. The minimum absolute atomic E-state index is 0.162. The number of methoxy groups -OCH3 is 1. The van der Waals surface area contributed by atoms with Gasteiger partial charge in [0.05, 0.1) is 19.1 Å². The van der Waals surface area contributed by atoms with E-state index in [1.807, 2.05) is 30.3 Å². The molecule has 0 N–H and O–H groups in total. The monoisotopic (exact) mass is 329 g/mol. The smallest absolute Gasteiger partial charge is 0.417 e. The maximum absolute atomic E-state index is 12.8. The Morgan fingerprint density at radius 3 is 2.75 bits per heavy atom. The van der Waals surface area contributed by atoms with E-state index in [0.29, 0.717) is 24.8 Å². The summed E-state index contributed by atoms with van der Waals surface area (Å²) in [5, 5.41) is 0. The normalized spacial score (nSPS) is 23.0. The number of ether oxygens (including phenoxy) is 2. The standard InChI is InChI=1S/C18H19NO5/c1-23-17(21)15-9-5-8-14(15)16(20)19-13(11-24-18(19)22)10-12-6-3-2-4-7-12/h2-4,6-8,13,15H,5,9-11H2,1H3/t13-,15?/m0/s1. The Morgan fingerprint density at radius 2 is 2.04 bits per heavy atom. The maximum atomic E-state index is 12.8. The zero-order valence-electron chi connectivity index (χ0n) is 13.4. The molecule has 2 amide bonds. The molecule has 126 valence electrons. The number of amides is 2. The lowest BCUT2D eigenvalue weighted by molar-refractivity contribution is -0.145. The van der Waals surface area contributed by atoms with E-state index < -0.39 is 23.9 Å². The van der Waals surface area contributed by atoms with E-state index in [-0.39, 0.29) is 12.6 Å². The first kappa shape index (κ1) is 16.2. The predicted molar refractivity (Wildman–Crippen MR) is 85.0 cm³/mol. The molecule has 1 unspecified atom stereocenters. The van der Waals surface area contributed by atoms with Crippen molar-refractivity contribution in [1.29, 1.82) is 0 Å². The van der Waals surface area contributed by atoms with Gasteiger partial charge < -0.3 is 9.47 Å². The summed E-state index contributed by atoms with van der Waals surface area (Å²) in [5.41, 5.74) is 1.35. The van der Waals surface area contributed by atoms with Crippen LogP contribution in [0.15, 0.2) is 42.0 Å². The molecule has 2 atom stereocenters. The topological polar surface area (TPSA) is 72.9 Å². The highest BCUT2D eigenvalue weighted by atomic mass is 16.6. The fourth-order valence-electron chi connectivity index (χ4n) is 3.21. The van der Waals surface area contributed by atoms with Gasteiger partial charge in [-0.15, -0.1) is 0 Å². The second kappa shape index (κ2) is 6.86. The van der Waals surface area contributed by atoms with Gasteiger partial charge in [0, 0.05) is 5.57 Å². The largest absolute Gasteiger partial charge is 0.469 e. The Balaban J connectivity index is 1.79. The summed E-state index contributed by atoms with van der Waals surface area (Å²) in [6.07, 6.45) is 2.73. The van der Waals surface area contributed by atoms with Crippen molar-refractivity contribution in [1.82, 2.24) is 4.90 Å². The average molecular weight is 329 g/mol. The van der Waals surface area contributed by atoms with Crippen LogP contribution in [-0.4, -0.2) is 42.6 Å². The van der Waals surface area contributed by atoms with Gasteiger partial charge in [0.1, 0.15) is 6.61 Å². The summed E-state index contributed by atoms with van der Waals surface area (Å²) in [6.45, 7) is 0.162. The molecule has 1 saturated heterocycles. The SMILES string of the molecule is COC(=O)C1CCC=C1C(=O)N1C(=O)OC[C@@H]1Cc1ccccc1. The molecule has 1 aliphatic carbocycles. The van der Waals surface area contributed by atoms with Crippen molar-refractivity contribution in [3.63, 3.8) is 0 Å². The van der Waals surface area contributed by atoms with E-state index in [0.717, 1.165) is 10.5 Å². The summed E-state index contributed by atoms with van der Waals surface area (Å²) >= 11 is 0. The lowest BCUT2D eigenvalue weighted by atomic mass is 9.99. The molecule has 6 heteroatoms. The van der Waals surface area contributed by atoms with Gasteiger partial charge in [-0.05, 0) is 24.8 Å². The van der Waals surface area contributed by atoms with Crippen LogP contribution in [0.5, 0.6) is 0 Å². The highest BCUT2D eigenvalue weighted by Crippen LogP contribution is 2.30. The van der Waals surface area contributed by atoms with Gasteiger partial charge in [0.25, 0.3) is 5.91 Å². The molecule has 0 bridgehead atoms. The van der Waals surface area contributed by atoms with E-state index in [9.17, 15) is 14.4 Å². The number of carbonyl (C=O) groups excluding carboxylic acids is 3. The second-order valence-corrected chi connectivity index (χ2v) is 5.91. The summed E-state index contributed by atoms with van der Waals surface area (Å²) in [4.78, 5) is 37.9. The van der Waals surface area contributed by atoms with Gasteiger partial charge in [0.15, 0.2) is 0 Å². The molecule has 0 radical (unpaired) electrons. The highest BCUT2D eigenvalue weighted by molar-refractivity contribution is 6.06. The zero-order valence-corrected chi connectivity index (χ0v) is 13.4. The zero-order chi connectivity index (χ0) is 17.1. The van der Waals surface area contributed by atoms with Gasteiger partial charge in [-0.1, -0.05) is 36.4 Å². The molecule has 1 aliphatic heterocycles. The summed E-state index contributed by atoms with van der Waals surface area (Å²) in [6, 6.07) is 9.24. The number of rotatable bonds is 4. The van der Waals surface area contributed by atoms with Crippen LogP contribution in [0.4, 0.5) is 4.79 Å². The van der Waals surface area contributed by atoms with Crippen LogP contribution in [0.3, 0.4) is 0 Å². The van der Waals surface area contributed by atoms with Crippen LogP contribution in [0.2, 0.25) is 0 Å². The number of hydrogen-bond acceptors (Lipinski definition) is 5. The Morgan fingerprint density at radius 1 is 1.29 bits per heavy atom. The molecule has 2 aliphatic rings. The van der Waals surface area contributed by atoms with E-state index in [1.54, 1.807) is 6.08 Å². The number of esters is 1. The number of cyclic esters (lactones) is 1. The third kappa shape index (κ3) is 3.04. The molecular formula is C18H19NO5. The van der Waals surface area contributed by atoms with Crippen LogP contribution < -0.4 is 0 Å². The summed E-state index contributed by atoms with van der Waals surface area (Å²) in [7, 11) is 1.30. The van der Waals surface area contributed by atoms with E-state index in [4.69, 9.17) is 9.47 Å². The maximum Gasteiger partial charge on any atom is 0.417 e. The Kier molecular flexibility index (Phi) is 4.64. The third-order valence-electron chi connectivity index (χ3n) is 4.42. The van der Waals surface area contributed by atoms with Crippen LogP contribution in [0, 0.1) is 5.92 Å². The predicted octanol–water partition coefficient (Wildman–Crippen LogP) is 2.09. The first-order valence-electron chi connectivity index (χ1n) is 7.94. The second-order valence-electron chi connectivity index (χ2n) is 5.91. The van der Waals surface area contributed by atoms with Gasteiger partial charge in [-0.25, -0.2) is 9.69 Å². The summed E-state index contributed by atoms with van der Waals surface area (Å²) in [5.74, 6) is -1.50. The minimum atomic E-state index is -0.655. The number of hydrogen-bond donors (Lipinski definition) is 0. The molecule has 1 fully saturated rings. The summed E-state index contributed by atoms with van der Waals surface area (Å²) < 4.78 is 9.84.